The molecule has 0 bridgehead atoms. The van der Waals surface area contributed by atoms with Crippen molar-refractivity contribution in [1.82, 2.24) is 0 Å². The molecule has 1 aliphatic rings. The monoisotopic (exact) mass is 452 g/mol. The molecule has 0 aromatic heterocycles. The largest absolute Gasteiger partial charge is 0.507 e. The zero-order valence-electron chi connectivity index (χ0n) is 19.3. The van der Waals surface area contributed by atoms with Crippen molar-refractivity contribution < 1.29 is 15.3 Å². The molecule has 3 N–H and O–H groups in total. The van der Waals surface area contributed by atoms with Gasteiger partial charge in [-0.25, -0.2) is 0 Å². The fourth-order valence-corrected chi connectivity index (χ4v) is 3.47. The normalized spacial score (nSPS) is 14.5. The molecule has 1 aliphatic carbocycles. The Kier molecular flexibility index (Phi) is 9.75. The summed E-state index contributed by atoms with van der Waals surface area (Å²) < 4.78 is 0. The molecule has 0 heterocycles. The first-order valence-corrected chi connectivity index (χ1v) is 10.4. The van der Waals surface area contributed by atoms with Gasteiger partial charge < -0.3 is 15.3 Å². The molecule has 3 nitrogen and oxygen atoms in total. The van der Waals surface area contributed by atoms with Crippen LogP contribution in [0.3, 0.4) is 0 Å². The first-order valence-electron chi connectivity index (χ1n) is 10.4. The molecule has 1 aromatic rings. The van der Waals surface area contributed by atoms with Gasteiger partial charge in [-0.05, 0) is 127 Å². The second kappa shape index (κ2) is 13.2. The summed E-state index contributed by atoms with van der Waals surface area (Å²) in [4.78, 5) is 0. The molecule has 1 aromatic carbocycles. The highest BCUT2D eigenvalue weighted by Gasteiger charge is 2.31. The van der Waals surface area contributed by atoms with Crippen molar-refractivity contribution >= 4 is 0 Å². The predicted octanol–water partition coefficient (Wildman–Crippen LogP) is 3.82. The Balaban J connectivity index is 2.19. The second-order valence-electron chi connectivity index (χ2n) is 7.48. The van der Waals surface area contributed by atoms with Gasteiger partial charge in [0, 0.05) is 11.5 Å². The minimum Gasteiger partial charge on any atom is -0.507 e. The number of terminal acetylenes is 1. The average molecular weight is 453 g/mol. The number of aromatic hydroxyl groups is 3. The maximum atomic E-state index is 10.7. The topological polar surface area (TPSA) is 60.7 Å². The molecule has 166 valence electrons. The van der Waals surface area contributed by atoms with Gasteiger partial charge >= 0.3 is 0 Å². The summed E-state index contributed by atoms with van der Waals surface area (Å²) in [7, 11) is 0. The van der Waals surface area contributed by atoms with Crippen molar-refractivity contribution in [3.8, 4) is 112 Å². The van der Waals surface area contributed by atoms with Gasteiger partial charge in [0.15, 0.2) is 11.5 Å². The summed E-state index contributed by atoms with van der Waals surface area (Å²) in [6.07, 6.45) is 8.72. The van der Waals surface area contributed by atoms with E-state index < -0.39 is 11.5 Å². The SMILES string of the molecule is C#CC#CC#CC#CC#CC#CC#CC#Cc1cc(O)c(C2C=C(C)CCC2C(=C)C)c(O)c1O. The molecule has 2 atom stereocenters. The van der Waals surface area contributed by atoms with Crippen LogP contribution in [0.4, 0.5) is 0 Å². The van der Waals surface area contributed by atoms with Crippen molar-refractivity contribution in [3.63, 3.8) is 0 Å². The molecule has 0 spiro atoms. The molecule has 2 unspecified atom stereocenters. The molecule has 35 heavy (non-hydrogen) atoms. The van der Waals surface area contributed by atoms with E-state index in [-0.39, 0.29) is 28.7 Å². The van der Waals surface area contributed by atoms with Gasteiger partial charge in [0.1, 0.15) is 5.75 Å². The van der Waals surface area contributed by atoms with Gasteiger partial charge in [-0.15, -0.1) is 6.42 Å². The molecular weight excluding hydrogens is 432 g/mol. The van der Waals surface area contributed by atoms with Crippen LogP contribution in [0.2, 0.25) is 0 Å². The predicted molar refractivity (Wildman–Crippen MR) is 138 cm³/mol. The smallest absolute Gasteiger partial charge is 0.174 e. The molecule has 0 aliphatic heterocycles. The highest BCUT2D eigenvalue weighted by atomic mass is 16.3. The highest BCUT2D eigenvalue weighted by Crippen LogP contribution is 2.49. The Bertz CT molecular complexity index is 1560. The zero-order valence-corrected chi connectivity index (χ0v) is 19.3. The van der Waals surface area contributed by atoms with Crippen LogP contribution in [-0.4, -0.2) is 15.3 Å². The Labute approximate surface area is 207 Å². The van der Waals surface area contributed by atoms with Crippen LogP contribution < -0.4 is 0 Å². The third-order valence-electron chi connectivity index (χ3n) is 5.02. The van der Waals surface area contributed by atoms with Crippen molar-refractivity contribution in [2.45, 2.75) is 32.6 Å². The molecule has 0 amide bonds. The molecule has 0 radical (unpaired) electrons. The Morgan fingerprint density at radius 1 is 0.857 bits per heavy atom. The van der Waals surface area contributed by atoms with E-state index >= 15 is 0 Å². The lowest BCUT2D eigenvalue weighted by Crippen LogP contribution is -2.17. The van der Waals surface area contributed by atoms with Crippen LogP contribution in [0.5, 0.6) is 17.2 Å². The van der Waals surface area contributed by atoms with E-state index in [0.717, 1.165) is 24.0 Å². The average Bonchev–Trinajstić information content (AvgIpc) is 2.82. The van der Waals surface area contributed by atoms with Crippen molar-refractivity contribution in [2.75, 3.05) is 0 Å². The van der Waals surface area contributed by atoms with E-state index in [4.69, 9.17) is 6.42 Å². The summed E-state index contributed by atoms with van der Waals surface area (Å²) >= 11 is 0. The summed E-state index contributed by atoms with van der Waals surface area (Å²) in [5.41, 5.74) is 2.43. The lowest BCUT2D eigenvalue weighted by molar-refractivity contribution is 0.374. The molecule has 0 fully saturated rings. The maximum Gasteiger partial charge on any atom is 0.174 e. The Hall–Kier alpha value is -5.42. The number of phenolic OH excluding ortho intramolecular Hbond substituents is 3. The molecular formula is C32H20O3. The number of phenols is 3. The second-order valence-corrected chi connectivity index (χ2v) is 7.48. The molecule has 0 saturated heterocycles. The maximum absolute atomic E-state index is 10.7. The van der Waals surface area contributed by atoms with E-state index in [2.05, 4.69) is 95.4 Å². The van der Waals surface area contributed by atoms with Crippen molar-refractivity contribution in [3.05, 3.63) is 41.0 Å². The highest BCUT2D eigenvalue weighted by molar-refractivity contribution is 5.64. The summed E-state index contributed by atoms with van der Waals surface area (Å²) in [6.45, 7) is 7.98. The molecule has 2 rings (SSSR count). The quantitative estimate of drug-likeness (QED) is 0.277. The standard InChI is InChI=1S/C32H20O3/c1-5-6-7-8-9-10-11-12-13-14-15-16-17-18-19-26-23-29(33)30(32(35)31(26)34)28-22-25(4)20-21-27(28)24(2)3/h1,22-23,27-28,33-35H,2,20-21H2,3-4H3. The van der Waals surface area contributed by atoms with E-state index in [9.17, 15) is 15.3 Å². The Morgan fingerprint density at radius 2 is 1.37 bits per heavy atom. The Morgan fingerprint density at radius 3 is 1.89 bits per heavy atom. The van der Waals surface area contributed by atoms with Gasteiger partial charge in [0.2, 0.25) is 0 Å². The van der Waals surface area contributed by atoms with Crippen molar-refractivity contribution in [2.24, 2.45) is 5.92 Å². The van der Waals surface area contributed by atoms with Gasteiger partial charge in [-0.2, -0.15) is 0 Å². The first-order chi connectivity index (χ1) is 16.9. The van der Waals surface area contributed by atoms with E-state index in [1.165, 1.54) is 6.07 Å². The third-order valence-corrected chi connectivity index (χ3v) is 5.02. The van der Waals surface area contributed by atoms with Gasteiger partial charge in [0.25, 0.3) is 0 Å². The third kappa shape index (κ3) is 7.59. The van der Waals surface area contributed by atoms with E-state index in [0.29, 0.717) is 0 Å². The molecule has 3 heteroatoms. The van der Waals surface area contributed by atoms with Crippen LogP contribution >= 0.6 is 0 Å². The number of hydrogen-bond acceptors (Lipinski definition) is 3. The van der Waals surface area contributed by atoms with Crippen LogP contribution in [-0.2, 0) is 0 Å². The molecule has 0 saturated carbocycles. The van der Waals surface area contributed by atoms with E-state index in [1.54, 1.807) is 0 Å². The summed E-state index contributed by atoms with van der Waals surface area (Å²) in [6, 6.07) is 1.32. The van der Waals surface area contributed by atoms with Crippen LogP contribution in [0.15, 0.2) is 29.9 Å². The van der Waals surface area contributed by atoms with Crippen LogP contribution in [0.1, 0.15) is 43.7 Å². The van der Waals surface area contributed by atoms with Gasteiger partial charge in [0.05, 0.1) is 5.56 Å². The first kappa shape index (κ1) is 25.8. The van der Waals surface area contributed by atoms with Crippen LogP contribution in [0, 0.1) is 101 Å². The van der Waals surface area contributed by atoms with E-state index in [1.807, 2.05) is 19.9 Å². The summed E-state index contributed by atoms with van der Waals surface area (Å²) in [5.74, 6) is 35.6. The summed E-state index contributed by atoms with van der Waals surface area (Å²) in [5, 5.41) is 31.8. The minimum atomic E-state index is -0.409. The fourth-order valence-electron chi connectivity index (χ4n) is 3.47. The number of allylic oxidation sites excluding steroid dienone is 3. The zero-order chi connectivity index (χ0) is 25.6. The van der Waals surface area contributed by atoms with Crippen LogP contribution in [0.25, 0.3) is 0 Å². The van der Waals surface area contributed by atoms with Gasteiger partial charge in [-0.1, -0.05) is 23.8 Å². The fraction of sp³-hybridized carbons (Fsp3) is 0.188. The number of rotatable bonds is 2. The lowest BCUT2D eigenvalue weighted by atomic mass is 9.73. The number of benzene rings is 1. The number of hydrogen-bond donors (Lipinski definition) is 3. The lowest BCUT2D eigenvalue weighted by Gasteiger charge is -2.31. The minimum absolute atomic E-state index is 0.0477. The van der Waals surface area contributed by atoms with Crippen molar-refractivity contribution in [1.29, 1.82) is 0 Å². The van der Waals surface area contributed by atoms with Gasteiger partial charge in [-0.3, -0.25) is 0 Å².